The number of hydrogen-bond acceptors (Lipinski definition) is 3. The number of non-ortho nitro benzene ring substituents is 1. The molecule has 22 heavy (non-hydrogen) atoms. The second-order valence-electron chi connectivity index (χ2n) is 5.00. The zero-order valence-electron chi connectivity index (χ0n) is 12.1. The lowest BCUT2D eigenvalue weighted by Gasteiger charge is -2.20. The van der Waals surface area contributed by atoms with Crippen LogP contribution < -0.4 is 0 Å². The highest BCUT2D eigenvalue weighted by Crippen LogP contribution is 2.21. The Morgan fingerprint density at radius 2 is 1.55 bits per heavy atom. The maximum Gasteiger partial charge on any atom is 0.269 e. The van der Waals surface area contributed by atoms with Gasteiger partial charge in [-0.15, -0.1) is 0 Å². The Bertz CT molecular complexity index is 639. The van der Waals surface area contributed by atoms with Gasteiger partial charge >= 0.3 is 0 Å². The number of nitro groups is 1. The van der Waals surface area contributed by atoms with Crippen LogP contribution in [0.2, 0.25) is 10.0 Å². The molecule has 6 heteroatoms. The van der Waals surface area contributed by atoms with Crippen LogP contribution in [-0.4, -0.2) is 16.4 Å². The number of rotatable bonds is 6. The van der Waals surface area contributed by atoms with E-state index in [-0.39, 0.29) is 5.69 Å². The second kappa shape index (κ2) is 7.58. The SMILES string of the molecule is CCN(Cc1ccc([N+](=O)[O-])cc1)Cc1cc(Cl)cc(Cl)c1. The summed E-state index contributed by atoms with van der Waals surface area (Å²) >= 11 is 12.0. The van der Waals surface area contributed by atoms with Crippen LogP contribution in [0.3, 0.4) is 0 Å². The largest absolute Gasteiger partial charge is 0.295 e. The molecule has 0 heterocycles. The van der Waals surface area contributed by atoms with Gasteiger partial charge in [0.2, 0.25) is 0 Å². The minimum Gasteiger partial charge on any atom is -0.295 e. The number of nitrogens with zero attached hydrogens (tertiary/aromatic N) is 2. The maximum atomic E-state index is 10.7. The Hall–Kier alpha value is -1.62. The van der Waals surface area contributed by atoms with Crippen molar-refractivity contribution >= 4 is 28.9 Å². The van der Waals surface area contributed by atoms with Crippen LogP contribution in [0.5, 0.6) is 0 Å². The molecule has 0 radical (unpaired) electrons. The molecule has 0 N–H and O–H groups in total. The Balaban J connectivity index is 2.06. The highest BCUT2D eigenvalue weighted by atomic mass is 35.5. The summed E-state index contributed by atoms with van der Waals surface area (Å²) in [5, 5.41) is 11.9. The lowest BCUT2D eigenvalue weighted by atomic mass is 10.1. The highest BCUT2D eigenvalue weighted by molar-refractivity contribution is 6.34. The van der Waals surface area contributed by atoms with Crippen molar-refractivity contribution in [3.8, 4) is 0 Å². The van der Waals surface area contributed by atoms with Gasteiger partial charge in [-0.25, -0.2) is 0 Å². The van der Waals surface area contributed by atoms with Gasteiger partial charge < -0.3 is 0 Å². The van der Waals surface area contributed by atoms with Gasteiger partial charge in [-0.1, -0.05) is 42.3 Å². The van der Waals surface area contributed by atoms with Crippen molar-refractivity contribution in [2.24, 2.45) is 0 Å². The van der Waals surface area contributed by atoms with Crippen LogP contribution in [0.1, 0.15) is 18.1 Å². The molecule has 2 aromatic rings. The first-order valence-corrected chi connectivity index (χ1v) is 7.64. The quantitative estimate of drug-likeness (QED) is 0.554. The second-order valence-corrected chi connectivity index (χ2v) is 5.88. The fourth-order valence-corrected chi connectivity index (χ4v) is 2.79. The lowest BCUT2D eigenvalue weighted by Crippen LogP contribution is -2.22. The molecule has 2 rings (SSSR count). The highest BCUT2D eigenvalue weighted by Gasteiger charge is 2.09. The third kappa shape index (κ3) is 4.70. The van der Waals surface area contributed by atoms with E-state index < -0.39 is 4.92 Å². The van der Waals surface area contributed by atoms with Crippen LogP contribution in [0.25, 0.3) is 0 Å². The molecule has 0 saturated heterocycles. The average molecular weight is 339 g/mol. The van der Waals surface area contributed by atoms with Crippen LogP contribution in [0.4, 0.5) is 5.69 Å². The van der Waals surface area contributed by atoms with E-state index >= 15 is 0 Å². The molecule has 0 amide bonds. The van der Waals surface area contributed by atoms with Gasteiger partial charge in [0.25, 0.3) is 5.69 Å². The first kappa shape index (κ1) is 16.7. The third-order valence-corrected chi connectivity index (χ3v) is 3.77. The molecule has 2 aromatic carbocycles. The summed E-state index contributed by atoms with van der Waals surface area (Å²) in [6.45, 7) is 4.34. The molecule has 4 nitrogen and oxygen atoms in total. The molecular weight excluding hydrogens is 323 g/mol. The van der Waals surface area contributed by atoms with E-state index in [9.17, 15) is 10.1 Å². The minimum atomic E-state index is -0.394. The fourth-order valence-electron chi connectivity index (χ4n) is 2.22. The Morgan fingerprint density at radius 1 is 1.00 bits per heavy atom. The molecular formula is C16H16Cl2N2O2. The van der Waals surface area contributed by atoms with Crippen molar-refractivity contribution in [1.29, 1.82) is 0 Å². The summed E-state index contributed by atoms with van der Waals surface area (Å²) in [5.41, 5.74) is 2.18. The van der Waals surface area contributed by atoms with E-state index in [0.29, 0.717) is 23.1 Å². The average Bonchev–Trinajstić information content (AvgIpc) is 2.46. The van der Waals surface area contributed by atoms with Gasteiger partial charge in [-0.3, -0.25) is 15.0 Å². The van der Waals surface area contributed by atoms with Gasteiger partial charge in [0, 0.05) is 35.3 Å². The molecule has 0 bridgehead atoms. The van der Waals surface area contributed by atoms with Crippen LogP contribution in [0, 0.1) is 10.1 Å². The fraction of sp³-hybridized carbons (Fsp3) is 0.250. The van der Waals surface area contributed by atoms with Gasteiger partial charge in [0.05, 0.1) is 4.92 Å². The molecule has 0 aliphatic heterocycles. The molecule has 0 aliphatic rings. The first-order valence-electron chi connectivity index (χ1n) is 6.88. The van der Waals surface area contributed by atoms with Crippen molar-refractivity contribution in [3.05, 3.63) is 73.8 Å². The smallest absolute Gasteiger partial charge is 0.269 e. The van der Waals surface area contributed by atoms with Crippen molar-refractivity contribution in [2.45, 2.75) is 20.0 Å². The molecule has 0 unspecified atom stereocenters. The molecule has 116 valence electrons. The number of benzene rings is 2. The Labute approximate surface area is 139 Å². The van der Waals surface area contributed by atoms with Crippen LogP contribution in [-0.2, 0) is 13.1 Å². The monoisotopic (exact) mass is 338 g/mol. The predicted molar refractivity (Wildman–Crippen MR) is 89.3 cm³/mol. The van der Waals surface area contributed by atoms with Crippen molar-refractivity contribution < 1.29 is 4.92 Å². The number of halogens is 2. The molecule has 0 atom stereocenters. The molecule has 0 spiro atoms. The standard InChI is InChI=1S/C16H16Cl2N2O2/c1-2-19(11-13-7-14(17)9-15(18)8-13)10-12-3-5-16(6-4-12)20(21)22/h3-9H,2,10-11H2,1H3. The van der Waals surface area contributed by atoms with Gasteiger partial charge in [-0.05, 0) is 35.9 Å². The third-order valence-electron chi connectivity index (χ3n) is 3.33. The van der Waals surface area contributed by atoms with Gasteiger partial charge in [-0.2, -0.15) is 0 Å². The van der Waals surface area contributed by atoms with E-state index in [0.717, 1.165) is 17.7 Å². The predicted octanol–water partition coefficient (Wildman–Crippen LogP) is 4.92. The summed E-state index contributed by atoms with van der Waals surface area (Å²) in [5.74, 6) is 0. The zero-order chi connectivity index (χ0) is 16.1. The minimum absolute atomic E-state index is 0.105. The Kier molecular flexibility index (Phi) is 5.77. The van der Waals surface area contributed by atoms with Crippen LogP contribution >= 0.6 is 23.2 Å². The molecule has 0 aromatic heterocycles. The summed E-state index contributed by atoms with van der Waals surface area (Å²) in [6, 6.07) is 12.1. The normalized spacial score (nSPS) is 10.9. The molecule has 0 aliphatic carbocycles. The van der Waals surface area contributed by atoms with E-state index in [4.69, 9.17) is 23.2 Å². The maximum absolute atomic E-state index is 10.7. The summed E-state index contributed by atoms with van der Waals surface area (Å²) < 4.78 is 0. The summed E-state index contributed by atoms with van der Waals surface area (Å²) in [6.07, 6.45) is 0. The number of hydrogen-bond donors (Lipinski definition) is 0. The zero-order valence-corrected chi connectivity index (χ0v) is 13.6. The lowest BCUT2D eigenvalue weighted by molar-refractivity contribution is -0.384. The van der Waals surface area contributed by atoms with E-state index in [1.54, 1.807) is 18.2 Å². The molecule has 0 saturated carbocycles. The topological polar surface area (TPSA) is 46.4 Å². The van der Waals surface area contributed by atoms with E-state index in [2.05, 4.69) is 11.8 Å². The van der Waals surface area contributed by atoms with E-state index in [1.807, 2.05) is 12.1 Å². The van der Waals surface area contributed by atoms with Crippen molar-refractivity contribution in [2.75, 3.05) is 6.54 Å². The van der Waals surface area contributed by atoms with Crippen molar-refractivity contribution in [3.63, 3.8) is 0 Å². The van der Waals surface area contributed by atoms with Crippen molar-refractivity contribution in [1.82, 2.24) is 4.90 Å². The number of nitro benzene ring substituents is 1. The summed E-state index contributed by atoms with van der Waals surface area (Å²) in [4.78, 5) is 12.5. The van der Waals surface area contributed by atoms with Crippen LogP contribution in [0.15, 0.2) is 42.5 Å². The van der Waals surface area contributed by atoms with E-state index in [1.165, 1.54) is 12.1 Å². The van der Waals surface area contributed by atoms with Gasteiger partial charge in [0.1, 0.15) is 0 Å². The van der Waals surface area contributed by atoms with Gasteiger partial charge in [0.15, 0.2) is 0 Å². The first-order chi connectivity index (χ1) is 10.5. The molecule has 0 fully saturated rings. The Morgan fingerprint density at radius 3 is 2.05 bits per heavy atom. The summed E-state index contributed by atoms with van der Waals surface area (Å²) in [7, 11) is 0.